The Hall–Kier alpha value is -3.28. The smallest absolute Gasteiger partial charge is 0.291 e. The summed E-state index contributed by atoms with van der Waals surface area (Å²) in [4.78, 5) is 24.0. The largest absolute Gasteiger partial charge is 0.479 e. The summed E-state index contributed by atoms with van der Waals surface area (Å²) in [5.74, 6) is 0.220. The topological polar surface area (TPSA) is 80.6 Å². The highest BCUT2D eigenvalue weighted by molar-refractivity contribution is 6.05. The lowest BCUT2D eigenvalue weighted by atomic mass is 10.2. The molecule has 3 aromatic rings. The standard InChI is InChI=1S/C18H14N2O4/c1-10-17(21)20-13-9-12(6-7-15(13)23-10)19-18(22)16-8-11-4-2-3-5-14(11)24-16/h2-10H,1H3,(H,19,22)(H,20,21)/t10-/m0/s1. The van der Waals surface area contributed by atoms with E-state index in [1.54, 1.807) is 37.3 Å². The van der Waals surface area contributed by atoms with Crippen LogP contribution in [0, 0.1) is 0 Å². The summed E-state index contributed by atoms with van der Waals surface area (Å²) in [5.41, 5.74) is 1.72. The fourth-order valence-electron chi connectivity index (χ4n) is 2.57. The van der Waals surface area contributed by atoms with Gasteiger partial charge in [0.25, 0.3) is 11.8 Å². The molecule has 6 heteroatoms. The zero-order valence-corrected chi connectivity index (χ0v) is 12.8. The molecule has 6 nitrogen and oxygen atoms in total. The number of para-hydroxylation sites is 1. The van der Waals surface area contributed by atoms with E-state index in [0.717, 1.165) is 5.39 Å². The lowest BCUT2D eigenvalue weighted by Gasteiger charge is -2.23. The fourth-order valence-corrected chi connectivity index (χ4v) is 2.57. The average molecular weight is 322 g/mol. The highest BCUT2D eigenvalue weighted by Gasteiger charge is 2.24. The van der Waals surface area contributed by atoms with Crippen molar-refractivity contribution in [2.75, 3.05) is 10.6 Å². The van der Waals surface area contributed by atoms with Crippen molar-refractivity contribution >= 4 is 34.2 Å². The zero-order chi connectivity index (χ0) is 16.7. The predicted molar refractivity (Wildman–Crippen MR) is 89.3 cm³/mol. The quantitative estimate of drug-likeness (QED) is 0.757. The van der Waals surface area contributed by atoms with E-state index in [2.05, 4.69) is 10.6 Å². The van der Waals surface area contributed by atoms with Crippen molar-refractivity contribution in [2.45, 2.75) is 13.0 Å². The van der Waals surface area contributed by atoms with E-state index in [1.807, 2.05) is 18.2 Å². The number of rotatable bonds is 2. The number of hydrogen-bond acceptors (Lipinski definition) is 4. The molecule has 0 saturated carbocycles. The number of carbonyl (C=O) groups excluding carboxylic acids is 2. The Morgan fingerprint density at radius 1 is 1.17 bits per heavy atom. The third-order valence-electron chi connectivity index (χ3n) is 3.82. The number of ether oxygens (including phenoxy) is 1. The summed E-state index contributed by atoms with van der Waals surface area (Å²) in [6.45, 7) is 1.68. The maximum atomic E-state index is 12.3. The molecule has 1 aromatic heterocycles. The van der Waals surface area contributed by atoms with E-state index in [1.165, 1.54) is 0 Å². The van der Waals surface area contributed by atoms with E-state index < -0.39 is 6.10 Å². The Morgan fingerprint density at radius 2 is 2.00 bits per heavy atom. The highest BCUT2D eigenvalue weighted by atomic mass is 16.5. The van der Waals surface area contributed by atoms with E-state index >= 15 is 0 Å². The summed E-state index contributed by atoms with van der Waals surface area (Å²) in [6.07, 6.45) is -0.534. The Labute approximate surface area is 137 Å². The van der Waals surface area contributed by atoms with Crippen LogP contribution >= 0.6 is 0 Å². The van der Waals surface area contributed by atoms with Crippen LogP contribution in [0.3, 0.4) is 0 Å². The molecule has 0 aliphatic carbocycles. The van der Waals surface area contributed by atoms with Gasteiger partial charge in [0.05, 0.1) is 5.69 Å². The van der Waals surface area contributed by atoms with Crippen LogP contribution in [0.25, 0.3) is 11.0 Å². The molecule has 2 amide bonds. The molecular weight excluding hydrogens is 308 g/mol. The third-order valence-corrected chi connectivity index (χ3v) is 3.82. The summed E-state index contributed by atoms with van der Waals surface area (Å²) in [7, 11) is 0. The molecule has 0 saturated heterocycles. The van der Waals surface area contributed by atoms with Crippen LogP contribution in [0.1, 0.15) is 17.5 Å². The number of nitrogens with one attached hydrogen (secondary N) is 2. The number of carbonyl (C=O) groups is 2. The van der Waals surface area contributed by atoms with Crippen LogP contribution in [0.15, 0.2) is 52.9 Å². The summed E-state index contributed by atoms with van der Waals surface area (Å²) in [5, 5.41) is 6.37. The van der Waals surface area contributed by atoms with E-state index in [0.29, 0.717) is 22.7 Å². The SMILES string of the molecule is C[C@@H]1Oc2ccc(NC(=O)c3cc4ccccc4o3)cc2NC1=O. The van der Waals surface area contributed by atoms with Crippen LogP contribution in [-0.4, -0.2) is 17.9 Å². The number of furan rings is 1. The van der Waals surface area contributed by atoms with Crippen LogP contribution < -0.4 is 15.4 Å². The first-order chi connectivity index (χ1) is 11.6. The monoisotopic (exact) mass is 322 g/mol. The third kappa shape index (κ3) is 2.48. The van der Waals surface area contributed by atoms with Gasteiger partial charge in [-0.2, -0.15) is 0 Å². The van der Waals surface area contributed by atoms with E-state index in [4.69, 9.17) is 9.15 Å². The van der Waals surface area contributed by atoms with Crippen molar-refractivity contribution in [3.8, 4) is 5.75 Å². The summed E-state index contributed by atoms with van der Waals surface area (Å²) < 4.78 is 11.0. The minimum Gasteiger partial charge on any atom is -0.479 e. The van der Waals surface area contributed by atoms with Gasteiger partial charge in [-0.3, -0.25) is 9.59 Å². The molecule has 24 heavy (non-hydrogen) atoms. The number of amides is 2. The first-order valence-electron chi connectivity index (χ1n) is 7.52. The molecule has 1 aliphatic heterocycles. The average Bonchev–Trinajstić information content (AvgIpc) is 3.00. The Balaban J connectivity index is 1.58. The van der Waals surface area contributed by atoms with Gasteiger partial charge in [0.1, 0.15) is 11.3 Å². The van der Waals surface area contributed by atoms with Crippen LogP contribution in [0.5, 0.6) is 5.75 Å². The van der Waals surface area contributed by atoms with Gasteiger partial charge in [-0.15, -0.1) is 0 Å². The summed E-state index contributed by atoms with van der Waals surface area (Å²) >= 11 is 0. The van der Waals surface area contributed by atoms with Gasteiger partial charge < -0.3 is 19.8 Å². The molecule has 0 radical (unpaired) electrons. The predicted octanol–water partition coefficient (Wildman–Crippen LogP) is 3.40. The number of benzene rings is 2. The van der Waals surface area contributed by atoms with Crippen LogP contribution in [-0.2, 0) is 4.79 Å². The maximum absolute atomic E-state index is 12.3. The van der Waals surface area contributed by atoms with Gasteiger partial charge >= 0.3 is 0 Å². The Bertz CT molecular complexity index is 928. The maximum Gasteiger partial charge on any atom is 0.291 e. The van der Waals surface area contributed by atoms with Gasteiger partial charge in [-0.1, -0.05) is 18.2 Å². The minimum atomic E-state index is -0.534. The van der Waals surface area contributed by atoms with Crippen molar-refractivity contribution in [3.05, 3.63) is 54.3 Å². The second kappa shape index (κ2) is 5.42. The molecule has 2 heterocycles. The highest BCUT2D eigenvalue weighted by Crippen LogP contribution is 2.32. The zero-order valence-electron chi connectivity index (χ0n) is 12.8. The minimum absolute atomic E-state index is 0.219. The number of anilines is 2. The molecular formula is C18H14N2O4. The van der Waals surface area contributed by atoms with Gasteiger partial charge in [0.2, 0.25) is 0 Å². The fraction of sp³-hybridized carbons (Fsp3) is 0.111. The van der Waals surface area contributed by atoms with Crippen molar-refractivity contribution < 1.29 is 18.7 Å². The van der Waals surface area contributed by atoms with Gasteiger partial charge in [0, 0.05) is 11.1 Å². The van der Waals surface area contributed by atoms with Crippen LogP contribution in [0.2, 0.25) is 0 Å². The first kappa shape index (κ1) is 14.3. The summed E-state index contributed by atoms with van der Waals surface area (Å²) in [6, 6.07) is 14.2. The molecule has 4 rings (SSSR count). The molecule has 2 N–H and O–H groups in total. The van der Waals surface area contributed by atoms with Crippen molar-refractivity contribution in [2.24, 2.45) is 0 Å². The molecule has 1 aliphatic rings. The van der Waals surface area contributed by atoms with Crippen molar-refractivity contribution in [1.82, 2.24) is 0 Å². The van der Waals surface area contributed by atoms with Gasteiger partial charge in [0.15, 0.2) is 11.9 Å². The molecule has 0 unspecified atom stereocenters. The van der Waals surface area contributed by atoms with Crippen LogP contribution in [0.4, 0.5) is 11.4 Å². The molecule has 0 bridgehead atoms. The normalized spacial score (nSPS) is 16.2. The lowest BCUT2D eigenvalue weighted by molar-refractivity contribution is -0.122. The number of fused-ring (bicyclic) bond motifs is 2. The lowest BCUT2D eigenvalue weighted by Crippen LogP contribution is -2.34. The van der Waals surface area contributed by atoms with Gasteiger partial charge in [-0.05, 0) is 37.3 Å². The molecule has 0 spiro atoms. The van der Waals surface area contributed by atoms with E-state index in [9.17, 15) is 9.59 Å². The van der Waals surface area contributed by atoms with Gasteiger partial charge in [-0.25, -0.2) is 0 Å². The first-order valence-corrected chi connectivity index (χ1v) is 7.52. The molecule has 2 aromatic carbocycles. The Kier molecular flexibility index (Phi) is 3.23. The Morgan fingerprint density at radius 3 is 2.83 bits per heavy atom. The molecule has 1 atom stereocenters. The second-order valence-corrected chi connectivity index (χ2v) is 5.56. The number of hydrogen-bond donors (Lipinski definition) is 2. The van der Waals surface area contributed by atoms with E-state index in [-0.39, 0.29) is 17.6 Å². The molecule has 120 valence electrons. The van der Waals surface area contributed by atoms with Crippen molar-refractivity contribution in [1.29, 1.82) is 0 Å². The molecule has 0 fully saturated rings. The van der Waals surface area contributed by atoms with Crippen molar-refractivity contribution in [3.63, 3.8) is 0 Å². The second-order valence-electron chi connectivity index (χ2n) is 5.56.